The van der Waals surface area contributed by atoms with Crippen LogP contribution in [0.5, 0.6) is 5.75 Å². The Morgan fingerprint density at radius 3 is 2.54 bits per heavy atom. The summed E-state index contributed by atoms with van der Waals surface area (Å²) in [5, 5.41) is 0. The lowest BCUT2D eigenvalue weighted by Crippen LogP contribution is -2.29. The highest BCUT2D eigenvalue weighted by molar-refractivity contribution is 7.88. The molecule has 0 aliphatic carbocycles. The Morgan fingerprint density at radius 2 is 1.96 bits per heavy atom. The van der Waals surface area contributed by atoms with E-state index in [2.05, 4.69) is 4.18 Å². The van der Waals surface area contributed by atoms with Gasteiger partial charge in [-0.15, -0.1) is 0 Å². The number of hydrogen-bond acceptors (Lipinski definition) is 6. The minimum atomic E-state index is -5.87. The van der Waals surface area contributed by atoms with Crippen LogP contribution in [0.4, 0.5) is 13.2 Å². The van der Waals surface area contributed by atoms with Crippen molar-refractivity contribution in [3.8, 4) is 5.75 Å². The third kappa shape index (κ3) is 4.19. The van der Waals surface area contributed by atoms with Crippen LogP contribution in [-0.4, -0.2) is 13.9 Å². The number of hydrogen-bond donors (Lipinski definition) is 0. The van der Waals surface area contributed by atoms with Crippen molar-refractivity contribution in [2.45, 2.75) is 31.7 Å². The first-order valence-corrected chi connectivity index (χ1v) is 8.18. The Hall–Kier alpha value is -2.23. The van der Waals surface area contributed by atoms with E-state index in [4.69, 9.17) is 8.83 Å². The zero-order valence-corrected chi connectivity index (χ0v) is 13.2. The number of furan rings is 1. The summed E-state index contributed by atoms with van der Waals surface area (Å²) < 4.78 is 73.7. The number of halogens is 3. The molecule has 0 saturated heterocycles. The third-order valence-electron chi connectivity index (χ3n) is 3.04. The SMILES string of the molecule is Cc1cc(OS(=O)(=O)C(F)(F)F)c(CCCc2ccco2)c(=O)o1. The largest absolute Gasteiger partial charge is 0.534 e. The monoisotopic (exact) mass is 366 g/mol. The topological polar surface area (TPSA) is 86.7 Å². The van der Waals surface area contributed by atoms with Crippen LogP contribution in [-0.2, 0) is 23.0 Å². The lowest BCUT2D eigenvalue weighted by Gasteiger charge is -2.12. The van der Waals surface area contributed by atoms with Crippen LogP contribution in [0.15, 0.2) is 38.1 Å². The summed E-state index contributed by atoms with van der Waals surface area (Å²) >= 11 is 0. The van der Waals surface area contributed by atoms with E-state index in [1.165, 1.54) is 13.2 Å². The molecule has 2 heterocycles. The molecule has 0 radical (unpaired) electrons. The van der Waals surface area contributed by atoms with Crippen LogP contribution < -0.4 is 9.81 Å². The van der Waals surface area contributed by atoms with Crippen LogP contribution in [0.25, 0.3) is 0 Å². The van der Waals surface area contributed by atoms with Crippen molar-refractivity contribution in [1.29, 1.82) is 0 Å². The molecule has 2 rings (SSSR count). The Morgan fingerprint density at radius 1 is 1.25 bits per heavy atom. The molecule has 0 bridgehead atoms. The van der Waals surface area contributed by atoms with Gasteiger partial charge in [-0.3, -0.25) is 0 Å². The van der Waals surface area contributed by atoms with E-state index in [9.17, 15) is 26.4 Å². The second-order valence-electron chi connectivity index (χ2n) is 4.90. The first-order chi connectivity index (χ1) is 11.1. The van der Waals surface area contributed by atoms with Crippen molar-refractivity contribution in [1.82, 2.24) is 0 Å². The predicted octanol–water partition coefficient (Wildman–Crippen LogP) is 2.94. The first kappa shape index (κ1) is 18.1. The molecule has 0 unspecified atom stereocenters. The van der Waals surface area contributed by atoms with E-state index in [1.54, 1.807) is 12.1 Å². The molecule has 0 aromatic carbocycles. The van der Waals surface area contributed by atoms with Crippen LogP contribution in [0.2, 0.25) is 0 Å². The number of alkyl halides is 3. The average Bonchev–Trinajstić information content (AvgIpc) is 2.93. The van der Waals surface area contributed by atoms with E-state index >= 15 is 0 Å². The molecule has 0 N–H and O–H groups in total. The Kier molecular flexibility index (Phi) is 5.07. The highest BCUT2D eigenvalue weighted by atomic mass is 32.2. The van der Waals surface area contributed by atoms with Crippen LogP contribution in [0, 0.1) is 6.92 Å². The Bertz CT molecular complexity index is 850. The zero-order chi connectivity index (χ0) is 18.0. The van der Waals surface area contributed by atoms with E-state index < -0.39 is 27.0 Å². The third-order valence-corrected chi connectivity index (χ3v) is 4.01. The van der Waals surface area contributed by atoms with Gasteiger partial charge < -0.3 is 13.0 Å². The maximum absolute atomic E-state index is 12.5. The molecule has 0 amide bonds. The fourth-order valence-electron chi connectivity index (χ4n) is 1.97. The van der Waals surface area contributed by atoms with Crippen molar-refractivity contribution in [3.63, 3.8) is 0 Å². The van der Waals surface area contributed by atoms with E-state index in [0.717, 1.165) is 6.07 Å². The van der Waals surface area contributed by atoms with E-state index in [1.807, 2.05) is 0 Å². The van der Waals surface area contributed by atoms with Gasteiger partial charge in [-0.25, -0.2) is 4.79 Å². The summed E-state index contributed by atoms with van der Waals surface area (Å²) in [6.07, 6.45) is 2.15. The van der Waals surface area contributed by atoms with E-state index in [0.29, 0.717) is 18.6 Å². The normalized spacial score (nSPS) is 12.3. The van der Waals surface area contributed by atoms with Gasteiger partial charge in [-0.1, -0.05) is 0 Å². The molecule has 0 fully saturated rings. The fourth-order valence-corrected chi connectivity index (χ4v) is 2.45. The van der Waals surface area contributed by atoms with Gasteiger partial charge in [0, 0.05) is 12.5 Å². The maximum atomic E-state index is 12.5. The van der Waals surface area contributed by atoms with Crippen LogP contribution >= 0.6 is 0 Å². The minimum absolute atomic E-state index is 0.0357. The molecule has 132 valence electrons. The zero-order valence-electron chi connectivity index (χ0n) is 12.4. The number of rotatable bonds is 6. The van der Waals surface area contributed by atoms with Gasteiger partial charge in [0.15, 0.2) is 5.75 Å². The average molecular weight is 366 g/mol. The lowest BCUT2D eigenvalue weighted by atomic mass is 10.1. The quantitative estimate of drug-likeness (QED) is 0.577. The van der Waals surface area contributed by atoms with Gasteiger partial charge in [-0.05, 0) is 31.9 Å². The fraction of sp³-hybridized carbons (Fsp3) is 0.357. The van der Waals surface area contributed by atoms with Crippen LogP contribution in [0.3, 0.4) is 0 Å². The van der Waals surface area contributed by atoms with Crippen LogP contribution in [0.1, 0.15) is 23.5 Å². The smallest absolute Gasteiger partial charge is 0.469 e. The molecule has 6 nitrogen and oxygen atoms in total. The summed E-state index contributed by atoms with van der Waals surface area (Å²) in [5.41, 5.74) is -6.82. The highest BCUT2D eigenvalue weighted by Gasteiger charge is 2.49. The van der Waals surface area contributed by atoms with Gasteiger partial charge in [0.2, 0.25) is 0 Å². The molecule has 10 heteroatoms. The van der Waals surface area contributed by atoms with Gasteiger partial charge in [0.05, 0.1) is 11.8 Å². The summed E-state index contributed by atoms with van der Waals surface area (Å²) in [4.78, 5) is 11.8. The molecule has 0 aliphatic rings. The highest BCUT2D eigenvalue weighted by Crippen LogP contribution is 2.29. The van der Waals surface area contributed by atoms with Crippen molar-refractivity contribution >= 4 is 10.1 Å². The predicted molar refractivity (Wildman–Crippen MR) is 76.1 cm³/mol. The van der Waals surface area contributed by atoms with Crippen molar-refractivity contribution in [3.05, 3.63) is 52.0 Å². The lowest BCUT2D eigenvalue weighted by molar-refractivity contribution is -0.0500. The molecular weight excluding hydrogens is 353 g/mol. The van der Waals surface area contributed by atoms with Gasteiger partial charge in [0.1, 0.15) is 11.5 Å². The Balaban J connectivity index is 2.25. The molecule has 2 aromatic rings. The van der Waals surface area contributed by atoms with Crippen molar-refractivity contribution in [2.75, 3.05) is 0 Å². The molecule has 0 atom stereocenters. The minimum Gasteiger partial charge on any atom is -0.469 e. The summed E-state index contributed by atoms with van der Waals surface area (Å²) in [6, 6.07) is 4.30. The number of aryl methyl sites for hydroxylation is 2. The molecule has 2 aromatic heterocycles. The molecular formula is C14H13F3O6S. The standard InChI is InChI=1S/C14H13F3O6S/c1-9-8-12(23-24(19,20)14(15,16)17)11(13(18)22-9)6-2-4-10-5-3-7-21-10/h3,5,7-8H,2,4,6H2,1H3. The Labute approximate surface area is 135 Å². The summed E-state index contributed by atoms with van der Waals surface area (Å²) in [7, 11) is -5.87. The summed E-state index contributed by atoms with van der Waals surface area (Å²) in [5.74, 6) is -0.125. The molecule has 0 aliphatic heterocycles. The second-order valence-corrected chi connectivity index (χ2v) is 6.44. The van der Waals surface area contributed by atoms with Gasteiger partial charge in [0.25, 0.3) is 0 Å². The molecule has 0 saturated carbocycles. The maximum Gasteiger partial charge on any atom is 0.534 e. The second kappa shape index (κ2) is 6.71. The van der Waals surface area contributed by atoms with Gasteiger partial charge >= 0.3 is 21.3 Å². The molecule has 24 heavy (non-hydrogen) atoms. The van der Waals surface area contributed by atoms with E-state index in [-0.39, 0.29) is 17.7 Å². The molecule has 0 spiro atoms. The first-order valence-electron chi connectivity index (χ1n) is 6.77. The van der Waals surface area contributed by atoms with Crippen molar-refractivity contribution < 1.29 is 34.6 Å². The summed E-state index contributed by atoms with van der Waals surface area (Å²) in [6.45, 7) is 1.29. The van der Waals surface area contributed by atoms with Crippen molar-refractivity contribution in [2.24, 2.45) is 0 Å². The van der Waals surface area contributed by atoms with Gasteiger partial charge in [-0.2, -0.15) is 21.6 Å².